The third-order valence-electron chi connectivity index (χ3n) is 12.6. The molecule has 3 heterocycles. The standard InChI is InChI=1S/C9H11N3O2.3C9H8N2O2.2C6H7N3O2.2C6H6N2O2.C3H6O.C2H6.6ClH.HO4P.2Sn.H2/c1-2-6-10-11-8-4-3-5-9(7-8)12(13)14;2*1-6-5-10-9-4-7(11(12)13)2-3-8(6)9;1-6-5-10-7-3-2-4-8(9(6)7)11(12)13;2*7-8-5-2-1-3-6(4-5)9(10)11;2*7-5-2-1-3-6(4-5)8(9)10;1-2-3-4;1-2;;;;;;;1-4-5(2)3;;;/h3-7,11H,2H2,1H3;3*2-5,10H,1H3;2*1-4,8H,7H2;2*1-4H,7H2;3H,2H2,1H3;1-2H3;6*1H;1H;;;1H/q;;;;;;;;;;;;;;;;;2*+2;/p-4/b10-6+;;;;;;;;;;;;;;;;;;;. The molecule has 0 spiro atoms. The van der Waals surface area contributed by atoms with Gasteiger partial charge in [-0.3, -0.25) is 98.0 Å². The zero-order valence-corrected chi connectivity index (χ0v) is 72.0. The fraction of sp³-hybridized carbons (Fsp3) is 0.138. The number of aldehydes is 1. The van der Waals surface area contributed by atoms with Crippen LogP contribution in [0.4, 0.5) is 73.9 Å². The number of aromatic amines is 3. The van der Waals surface area contributed by atoms with Crippen LogP contribution in [0.25, 0.3) is 32.7 Å². The number of benzene rings is 8. The molecule has 114 heavy (non-hydrogen) atoms. The van der Waals surface area contributed by atoms with E-state index in [1.807, 2.05) is 66.9 Å². The molecule has 614 valence electrons. The van der Waals surface area contributed by atoms with Crippen molar-refractivity contribution in [2.45, 2.75) is 61.3 Å². The van der Waals surface area contributed by atoms with E-state index >= 15 is 0 Å². The molecular weight excluding hydrogens is 1860 g/mol. The van der Waals surface area contributed by atoms with Crippen LogP contribution in [0.3, 0.4) is 0 Å². The van der Waals surface area contributed by atoms with Gasteiger partial charge in [-0.15, -0.1) is 24.8 Å². The molecule has 1 atom stereocenters. The number of H-pyrrole nitrogens is 3. The Bertz CT molecular complexity index is 4630. The third-order valence-corrected chi connectivity index (χ3v) is 12.7. The average Bonchev–Trinajstić information content (AvgIpc) is 1.69. The summed E-state index contributed by atoms with van der Waals surface area (Å²) >= 11 is -1.65. The van der Waals surface area contributed by atoms with Crippen molar-refractivity contribution in [1.29, 1.82) is 0 Å². The number of nitrogens with two attached hydrogens (primary N) is 4. The van der Waals surface area contributed by atoms with E-state index in [9.17, 15) is 85.7 Å². The topological polar surface area (TPSA) is 632 Å². The van der Waals surface area contributed by atoms with Gasteiger partial charge in [0.05, 0.1) is 78.4 Å². The monoisotopic (exact) mass is 1940 g/mol. The predicted octanol–water partition coefficient (Wildman–Crippen LogP) is 17.9. The second kappa shape index (κ2) is 63.6. The van der Waals surface area contributed by atoms with Gasteiger partial charge in [-0.2, -0.15) is 5.10 Å². The van der Waals surface area contributed by atoms with Gasteiger partial charge in [0.25, 0.3) is 45.5 Å². The summed E-state index contributed by atoms with van der Waals surface area (Å²) in [4.78, 5) is 106. The van der Waals surface area contributed by atoms with Crippen LogP contribution in [0, 0.1) is 102 Å². The number of anilines is 5. The number of nitro groups is 8. The maximum atomic E-state index is 10.7. The summed E-state index contributed by atoms with van der Waals surface area (Å²) in [5.41, 5.74) is 26.5. The molecule has 0 aliphatic carbocycles. The van der Waals surface area contributed by atoms with Crippen molar-refractivity contribution in [2.75, 3.05) is 27.7 Å². The number of non-ortho nitro benzene ring substituents is 8. The van der Waals surface area contributed by atoms with Gasteiger partial charge in [-0.25, -0.2) is 5.26 Å². The van der Waals surface area contributed by atoms with Crippen molar-refractivity contribution in [1.82, 2.24) is 15.0 Å². The minimum atomic E-state index is -3.04. The van der Waals surface area contributed by atoms with E-state index < -0.39 is 80.5 Å². The summed E-state index contributed by atoms with van der Waals surface area (Å²) in [6, 6.07) is 44.6. The van der Waals surface area contributed by atoms with Crippen LogP contribution < -0.4 is 44.3 Å². The molecule has 0 aliphatic rings. The number of carbonyl (C=O) groups is 1. The minimum Gasteiger partial charge on any atom is 0 e. The van der Waals surface area contributed by atoms with Gasteiger partial charge in [0.15, 0.2) is 0 Å². The summed E-state index contributed by atoms with van der Waals surface area (Å²) in [5, 5.41) is 96.3. The molecule has 11 aromatic rings. The normalized spacial score (nSPS) is 9.34. The first-order chi connectivity index (χ1) is 53.2. The molecule has 0 aliphatic heterocycles. The van der Waals surface area contributed by atoms with Crippen LogP contribution in [0.1, 0.15) is 58.7 Å². The number of fused-ring (bicyclic) bond motifs is 3. The first kappa shape index (κ1) is 109. The number of carbonyl (C=O) groups excluding carboxylic acids is 1. The van der Waals surface area contributed by atoms with Gasteiger partial charge in [0.2, 0.25) is 0 Å². The van der Waals surface area contributed by atoms with Crippen molar-refractivity contribution in [2.24, 2.45) is 16.8 Å². The van der Waals surface area contributed by atoms with Crippen LogP contribution in [-0.2, 0) is 14.0 Å². The number of hydrogen-bond acceptors (Lipinski definition) is 29. The fourth-order valence-corrected chi connectivity index (χ4v) is 7.83. The molecule has 8 aromatic carbocycles. The van der Waals surface area contributed by atoms with Crippen molar-refractivity contribution in [3.05, 3.63) is 292 Å². The number of hydrogen-bond donors (Lipinski definition) is 11. The largest absolute Gasteiger partial charge is 0 e. The molecule has 0 saturated carbocycles. The Morgan fingerprint density at radius 1 is 0.474 bits per heavy atom. The number of nitro benzene ring substituents is 8. The molecule has 1 unspecified atom stereocenters. The smallest absolute Gasteiger partial charge is 0 e. The molecule has 15 N–H and O–H groups in total. The van der Waals surface area contributed by atoms with Crippen LogP contribution >= 0.6 is 68.8 Å². The predicted molar refractivity (Wildman–Crippen MR) is 452 cm³/mol. The SMILES string of the molecule is CC.CC/C=N/Nc1cccc([N+](=O)[O-])c1.CCC=O.Cc1c[nH]c2cc([N+](=O)[O-])ccc12.Cc1c[nH]c2cc([N+](=O)[O-])ccc12.Cc1c[nH]c2cccc([N+](=O)[O-])c12.Cl.Cl.NNc1cccc([N+](=O)[O-])c1.NNc1cccc([N+](=O)[O-])c1.Nc1cccc([N+](=O)[O-])c1.Nc1cccc([N+](=O)[O-])c1.O=[P+]([O-])OO.[Cl][Sn][Cl].[Cl][Sn][Cl].[HH]. The number of aromatic nitrogens is 3. The van der Waals surface area contributed by atoms with Crippen LogP contribution in [0.15, 0.2) is 200 Å². The summed E-state index contributed by atoms with van der Waals surface area (Å²) in [6.07, 6.45) is 9.49. The summed E-state index contributed by atoms with van der Waals surface area (Å²) < 4.78 is 11.6. The van der Waals surface area contributed by atoms with Gasteiger partial charge in [0, 0.05) is 150 Å². The van der Waals surface area contributed by atoms with Gasteiger partial charge >= 0.3 is 81.7 Å². The number of nitrogen functional groups attached to an aromatic ring is 4. The van der Waals surface area contributed by atoms with Gasteiger partial charge < -0.3 is 47.0 Å². The number of hydrazone groups is 1. The fourth-order valence-electron chi connectivity index (χ4n) is 7.83. The van der Waals surface area contributed by atoms with Gasteiger partial charge in [-0.05, 0) is 97.0 Å². The van der Waals surface area contributed by atoms with Crippen molar-refractivity contribution >= 4 is 226 Å². The third kappa shape index (κ3) is 45.0. The van der Waals surface area contributed by atoms with Crippen LogP contribution in [0.5, 0.6) is 0 Å². The maximum absolute atomic E-state index is 10.7. The number of aryl methyl sites for hydroxylation is 3. The molecule has 11 rings (SSSR count). The first-order valence-electron chi connectivity index (χ1n) is 31.1. The van der Waals surface area contributed by atoms with E-state index in [4.69, 9.17) is 73.6 Å². The molecule has 4 radical (unpaired) electrons. The Morgan fingerprint density at radius 2 is 0.763 bits per heavy atom. The Morgan fingerprint density at radius 3 is 1.05 bits per heavy atom. The molecule has 0 fully saturated rings. The van der Waals surface area contributed by atoms with Crippen molar-refractivity contribution in [3.8, 4) is 0 Å². The second-order valence-corrected chi connectivity index (χ2v) is 29.2. The molecule has 0 amide bonds. The summed E-state index contributed by atoms with van der Waals surface area (Å²) in [6.45, 7) is 13.5. The molecule has 0 saturated heterocycles. The zero-order chi connectivity index (χ0) is 85.4. The number of rotatable bonds is 15. The molecule has 3 aromatic heterocycles. The van der Waals surface area contributed by atoms with E-state index in [-0.39, 0.29) is 76.7 Å². The quantitative estimate of drug-likeness (QED) is 0.00522. The van der Waals surface area contributed by atoms with Crippen LogP contribution in [-0.4, -0.2) is 110 Å². The Labute approximate surface area is 698 Å². The van der Waals surface area contributed by atoms with Crippen LogP contribution in [0.2, 0.25) is 0 Å². The number of hydrazine groups is 2. The summed E-state index contributed by atoms with van der Waals surface area (Å²) in [7, 11) is 16.7. The Hall–Kier alpha value is -10.8. The van der Waals surface area contributed by atoms with E-state index in [1.165, 1.54) is 78.9 Å². The average molecular weight is 1940 g/mol. The van der Waals surface area contributed by atoms with E-state index in [0.29, 0.717) is 40.2 Å². The van der Waals surface area contributed by atoms with E-state index in [0.717, 1.165) is 56.7 Å². The minimum absolute atomic E-state index is 0. The number of halogens is 6. The molecule has 0 bridgehead atoms. The Balaban J connectivity index is -0.000000389. The van der Waals surface area contributed by atoms with Gasteiger partial charge in [0.1, 0.15) is 6.29 Å². The number of nitrogens with one attached hydrogen (secondary N) is 6. The van der Waals surface area contributed by atoms with Gasteiger partial charge in [-0.1, -0.05) is 64.1 Å². The molecule has 40 nitrogen and oxygen atoms in total. The number of nitrogens with zero attached hydrogens (tertiary/aromatic N) is 9. The van der Waals surface area contributed by atoms with Crippen molar-refractivity contribution in [3.63, 3.8) is 0 Å². The molecular formula is C65H78Cl6N19O21PSn2. The van der Waals surface area contributed by atoms with E-state index in [2.05, 4.69) is 41.0 Å². The first-order valence-corrected chi connectivity index (χ1v) is 46.7. The maximum Gasteiger partial charge on any atom is 0 e. The van der Waals surface area contributed by atoms with Crippen molar-refractivity contribution < 1.29 is 65.0 Å². The zero-order valence-electron chi connectivity index (χ0n) is 60.8. The summed E-state index contributed by atoms with van der Waals surface area (Å²) in [5.74, 6) is 10.1. The second-order valence-electron chi connectivity index (χ2n) is 20.1. The molecule has 49 heteroatoms. The Kier molecular flexibility index (Phi) is 61.1. The van der Waals surface area contributed by atoms with E-state index in [1.54, 1.807) is 103 Å².